The first-order chi connectivity index (χ1) is 6.83. The van der Waals surface area contributed by atoms with E-state index in [-0.39, 0.29) is 6.04 Å². The van der Waals surface area contributed by atoms with Gasteiger partial charge < -0.3 is 5.73 Å². The summed E-state index contributed by atoms with van der Waals surface area (Å²) in [5, 5.41) is 2.12. The molecule has 0 aromatic carbocycles. The molecule has 0 bridgehead atoms. The zero-order valence-corrected chi connectivity index (χ0v) is 9.33. The Hall–Kier alpha value is -0.450. The number of nitrogens with zero attached hydrogens (tertiary/aromatic N) is 2. The topological polar surface area (TPSA) is 42.1 Å². The zero-order valence-electron chi connectivity index (χ0n) is 8.52. The Labute approximate surface area is 88.9 Å². The van der Waals surface area contributed by atoms with Crippen LogP contribution in [0, 0.1) is 0 Å². The van der Waals surface area contributed by atoms with E-state index in [0.29, 0.717) is 6.04 Å². The van der Waals surface area contributed by atoms with E-state index < -0.39 is 0 Å². The van der Waals surface area contributed by atoms with E-state index in [4.69, 9.17) is 5.73 Å². The highest BCUT2D eigenvalue weighted by Gasteiger charge is 2.33. The summed E-state index contributed by atoms with van der Waals surface area (Å²) in [5.41, 5.74) is 9.17. The van der Waals surface area contributed by atoms with Gasteiger partial charge in [-0.25, -0.2) is 4.98 Å². The van der Waals surface area contributed by atoms with Crippen molar-refractivity contribution in [3.8, 4) is 0 Å². The van der Waals surface area contributed by atoms with Crippen molar-refractivity contribution in [2.45, 2.75) is 31.8 Å². The summed E-state index contributed by atoms with van der Waals surface area (Å²) in [7, 11) is 0. The maximum absolute atomic E-state index is 6.11. The third-order valence-electron chi connectivity index (χ3n) is 2.81. The van der Waals surface area contributed by atoms with Gasteiger partial charge in [0.1, 0.15) is 0 Å². The van der Waals surface area contributed by atoms with Gasteiger partial charge in [0.25, 0.3) is 0 Å². The van der Waals surface area contributed by atoms with E-state index in [1.165, 1.54) is 6.42 Å². The van der Waals surface area contributed by atoms with E-state index in [2.05, 4.69) is 22.2 Å². The summed E-state index contributed by atoms with van der Waals surface area (Å²) in [4.78, 5) is 6.84. The van der Waals surface area contributed by atoms with Crippen LogP contribution in [0.25, 0.3) is 0 Å². The van der Waals surface area contributed by atoms with Crippen LogP contribution in [0.1, 0.15) is 31.5 Å². The molecule has 2 rings (SSSR count). The molecular weight excluding hydrogens is 194 g/mol. The third kappa shape index (κ3) is 1.82. The average Bonchev–Trinajstić information content (AvgIpc) is 2.76. The second-order valence-electron chi connectivity index (χ2n) is 3.85. The predicted octanol–water partition coefficient (Wildman–Crippen LogP) is 1.63. The SMILES string of the molecule is CCCN1CC[C@H](N)[C@H]1c1cscn1. The molecule has 0 spiro atoms. The van der Waals surface area contributed by atoms with Gasteiger partial charge in [-0.2, -0.15) is 0 Å². The molecule has 1 aromatic rings. The maximum atomic E-state index is 6.11. The quantitative estimate of drug-likeness (QED) is 0.826. The van der Waals surface area contributed by atoms with Crippen molar-refractivity contribution >= 4 is 11.3 Å². The first-order valence-corrected chi connectivity index (χ1v) is 6.15. The van der Waals surface area contributed by atoms with E-state index in [9.17, 15) is 0 Å². The lowest BCUT2D eigenvalue weighted by Crippen LogP contribution is -2.32. The van der Waals surface area contributed by atoms with Crippen LogP contribution in [0.2, 0.25) is 0 Å². The monoisotopic (exact) mass is 211 g/mol. The van der Waals surface area contributed by atoms with Gasteiger partial charge in [0, 0.05) is 18.0 Å². The van der Waals surface area contributed by atoms with Crippen LogP contribution in [-0.4, -0.2) is 29.0 Å². The van der Waals surface area contributed by atoms with Crippen LogP contribution >= 0.6 is 11.3 Å². The van der Waals surface area contributed by atoms with Crippen LogP contribution in [0.4, 0.5) is 0 Å². The molecule has 14 heavy (non-hydrogen) atoms. The van der Waals surface area contributed by atoms with E-state index in [0.717, 1.165) is 25.2 Å². The second-order valence-corrected chi connectivity index (χ2v) is 4.57. The van der Waals surface area contributed by atoms with Gasteiger partial charge in [0.05, 0.1) is 17.2 Å². The molecule has 1 fully saturated rings. The molecule has 1 aliphatic heterocycles. The lowest BCUT2D eigenvalue weighted by Gasteiger charge is -2.24. The fraction of sp³-hybridized carbons (Fsp3) is 0.700. The highest BCUT2D eigenvalue weighted by molar-refractivity contribution is 7.07. The van der Waals surface area contributed by atoms with Crippen LogP contribution in [0.3, 0.4) is 0 Å². The van der Waals surface area contributed by atoms with Gasteiger partial charge in [0.15, 0.2) is 0 Å². The van der Waals surface area contributed by atoms with Crippen molar-refractivity contribution in [3.63, 3.8) is 0 Å². The fourth-order valence-corrected chi connectivity index (χ4v) is 2.78. The lowest BCUT2D eigenvalue weighted by atomic mass is 10.1. The Morgan fingerprint density at radius 1 is 1.71 bits per heavy atom. The van der Waals surface area contributed by atoms with E-state index in [1.54, 1.807) is 11.3 Å². The molecule has 0 aliphatic carbocycles. The van der Waals surface area contributed by atoms with Crippen LogP contribution < -0.4 is 5.73 Å². The van der Waals surface area contributed by atoms with Crippen LogP contribution in [-0.2, 0) is 0 Å². The zero-order chi connectivity index (χ0) is 9.97. The Bertz CT molecular complexity index is 271. The number of hydrogen-bond donors (Lipinski definition) is 1. The van der Waals surface area contributed by atoms with Crippen molar-refractivity contribution in [1.29, 1.82) is 0 Å². The smallest absolute Gasteiger partial charge is 0.0795 e. The van der Waals surface area contributed by atoms with Crippen molar-refractivity contribution in [2.24, 2.45) is 5.73 Å². The van der Waals surface area contributed by atoms with Gasteiger partial charge in [-0.05, 0) is 19.4 Å². The largest absolute Gasteiger partial charge is 0.326 e. The number of hydrogen-bond acceptors (Lipinski definition) is 4. The van der Waals surface area contributed by atoms with Gasteiger partial charge in [0.2, 0.25) is 0 Å². The molecule has 1 saturated heterocycles. The van der Waals surface area contributed by atoms with Crippen LogP contribution in [0.15, 0.2) is 10.9 Å². The van der Waals surface area contributed by atoms with Crippen molar-refractivity contribution in [2.75, 3.05) is 13.1 Å². The molecule has 2 heterocycles. The van der Waals surface area contributed by atoms with E-state index >= 15 is 0 Å². The third-order valence-corrected chi connectivity index (χ3v) is 3.42. The summed E-state index contributed by atoms with van der Waals surface area (Å²) in [5.74, 6) is 0. The minimum atomic E-state index is 0.267. The molecule has 0 radical (unpaired) electrons. The summed E-state index contributed by atoms with van der Waals surface area (Å²) in [6.45, 7) is 4.47. The molecule has 0 saturated carbocycles. The summed E-state index contributed by atoms with van der Waals surface area (Å²) in [6.07, 6.45) is 2.29. The Morgan fingerprint density at radius 2 is 2.57 bits per heavy atom. The number of thiazole rings is 1. The number of aromatic nitrogens is 1. The van der Waals surface area contributed by atoms with Gasteiger partial charge in [-0.15, -0.1) is 11.3 Å². The summed E-state index contributed by atoms with van der Waals surface area (Å²) >= 11 is 1.66. The first kappa shape index (κ1) is 10.1. The summed E-state index contributed by atoms with van der Waals surface area (Å²) < 4.78 is 0. The maximum Gasteiger partial charge on any atom is 0.0795 e. The number of nitrogens with two attached hydrogens (primary N) is 1. The molecule has 3 nitrogen and oxygen atoms in total. The minimum absolute atomic E-state index is 0.267. The minimum Gasteiger partial charge on any atom is -0.326 e. The van der Waals surface area contributed by atoms with Gasteiger partial charge in [-0.3, -0.25) is 4.90 Å². The Balaban J connectivity index is 2.13. The van der Waals surface area contributed by atoms with Gasteiger partial charge in [-0.1, -0.05) is 6.92 Å². The standard InChI is InChI=1S/C10H17N3S/c1-2-4-13-5-3-8(11)10(13)9-6-14-7-12-9/h6-8,10H,2-5,11H2,1H3/t8-,10-/m0/s1. The second kappa shape index (κ2) is 4.38. The molecule has 1 aromatic heterocycles. The lowest BCUT2D eigenvalue weighted by molar-refractivity contribution is 0.244. The van der Waals surface area contributed by atoms with Crippen molar-refractivity contribution < 1.29 is 0 Å². The highest BCUT2D eigenvalue weighted by atomic mass is 32.1. The molecule has 2 atom stereocenters. The van der Waals surface area contributed by atoms with E-state index in [1.807, 2.05) is 5.51 Å². The molecule has 0 unspecified atom stereocenters. The number of likely N-dealkylation sites (tertiary alicyclic amines) is 1. The fourth-order valence-electron chi connectivity index (χ4n) is 2.20. The normalized spacial score (nSPS) is 28.4. The number of rotatable bonds is 3. The van der Waals surface area contributed by atoms with Crippen molar-refractivity contribution in [3.05, 3.63) is 16.6 Å². The molecular formula is C10H17N3S. The summed E-state index contributed by atoms with van der Waals surface area (Å²) in [6, 6.07) is 0.629. The Kier molecular flexibility index (Phi) is 3.15. The van der Waals surface area contributed by atoms with Crippen molar-refractivity contribution in [1.82, 2.24) is 9.88 Å². The molecule has 1 aliphatic rings. The first-order valence-electron chi connectivity index (χ1n) is 5.20. The molecule has 78 valence electrons. The van der Waals surface area contributed by atoms with Gasteiger partial charge >= 0.3 is 0 Å². The molecule has 0 amide bonds. The molecule has 2 N–H and O–H groups in total. The Morgan fingerprint density at radius 3 is 3.21 bits per heavy atom. The predicted molar refractivity (Wildman–Crippen MR) is 59.3 cm³/mol. The van der Waals surface area contributed by atoms with Crippen LogP contribution in [0.5, 0.6) is 0 Å². The average molecular weight is 211 g/mol. The highest BCUT2D eigenvalue weighted by Crippen LogP contribution is 2.30. The molecule has 4 heteroatoms.